The molecule has 0 bridgehead atoms. The number of thioether (sulfide) groups is 1. The normalized spacial score (nSPS) is 10.8. The monoisotopic (exact) mass is 282 g/mol. The van der Waals surface area contributed by atoms with Crippen LogP contribution in [0.4, 0.5) is 0 Å². The number of hydrogen-bond donors (Lipinski definition) is 0. The van der Waals surface area contributed by atoms with Crippen LogP contribution in [0.1, 0.15) is 15.9 Å². The van der Waals surface area contributed by atoms with Crippen molar-refractivity contribution < 1.29 is 9.21 Å². The summed E-state index contributed by atoms with van der Waals surface area (Å²) in [7, 11) is 0. The van der Waals surface area contributed by atoms with Crippen molar-refractivity contribution >= 4 is 28.5 Å². The number of hydrogen-bond acceptors (Lipinski definition) is 3. The molecule has 1 aromatic heterocycles. The SMILES string of the molecule is Cc1ccc(SCC(=O)c2coc3ccccc23)cc1. The summed E-state index contributed by atoms with van der Waals surface area (Å²) < 4.78 is 5.41. The molecule has 3 aromatic rings. The summed E-state index contributed by atoms with van der Waals surface area (Å²) in [5, 5.41) is 0.891. The van der Waals surface area contributed by atoms with Crippen LogP contribution in [0.2, 0.25) is 0 Å². The minimum Gasteiger partial charge on any atom is -0.464 e. The molecular weight excluding hydrogens is 268 g/mol. The quantitative estimate of drug-likeness (QED) is 0.512. The number of aryl methyl sites for hydroxylation is 1. The fourth-order valence-electron chi connectivity index (χ4n) is 2.05. The molecule has 0 N–H and O–H groups in total. The topological polar surface area (TPSA) is 30.2 Å². The molecule has 0 amide bonds. The Hall–Kier alpha value is -2.00. The van der Waals surface area contributed by atoms with E-state index in [0.717, 1.165) is 15.9 Å². The smallest absolute Gasteiger partial charge is 0.176 e. The van der Waals surface area contributed by atoms with E-state index in [1.807, 2.05) is 36.4 Å². The van der Waals surface area contributed by atoms with E-state index in [0.29, 0.717) is 11.3 Å². The molecule has 100 valence electrons. The van der Waals surface area contributed by atoms with Gasteiger partial charge in [0.25, 0.3) is 0 Å². The van der Waals surface area contributed by atoms with Gasteiger partial charge in [-0.2, -0.15) is 0 Å². The lowest BCUT2D eigenvalue weighted by Gasteiger charge is -2.01. The minimum atomic E-state index is 0.0977. The Balaban J connectivity index is 1.75. The molecule has 0 aliphatic carbocycles. The molecule has 2 aromatic carbocycles. The van der Waals surface area contributed by atoms with Gasteiger partial charge in [0.05, 0.1) is 11.3 Å². The second-order valence-corrected chi connectivity index (χ2v) is 5.72. The number of benzene rings is 2. The van der Waals surface area contributed by atoms with E-state index in [4.69, 9.17) is 4.42 Å². The number of ketones is 1. The zero-order valence-corrected chi connectivity index (χ0v) is 11.9. The van der Waals surface area contributed by atoms with Crippen molar-refractivity contribution in [1.29, 1.82) is 0 Å². The van der Waals surface area contributed by atoms with Crippen LogP contribution >= 0.6 is 11.8 Å². The van der Waals surface area contributed by atoms with Gasteiger partial charge in [-0.05, 0) is 25.1 Å². The Morgan fingerprint density at radius 3 is 2.65 bits per heavy atom. The first-order chi connectivity index (χ1) is 9.74. The molecule has 0 radical (unpaired) electrons. The van der Waals surface area contributed by atoms with Crippen molar-refractivity contribution in [3.05, 3.63) is 65.9 Å². The molecule has 0 spiro atoms. The van der Waals surface area contributed by atoms with Crippen LogP contribution in [0.3, 0.4) is 0 Å². The van der Waals surface area contributed by atoms with E-state index < -0.39 is 0 Å². The van der Waals surface area contributed by atoms with Crippen LogP contribution in [0.15, 0.2) is 64.1 Å². The molecule has 0 saturated heterocycles. The lowest BCUT2D eigenvalue weighted by Crippen LogP contribution is -2.01. The average Bonchev–Trinajstić information content (AvgIpc) is 2.90. The zero-order chi connectivity index (χ0) is 13.9. The van der Waals surface area contributed by atoms with E-state index in [1.54, 1.807) is 18.0 Å². The molecule has 0 aliphatic rings. The number of furan rings is 1. The maximum Gasteiger partial charge on any atom is 0.176 e. The molecule has 2 nitrogen and oxygen atoms in total. The number of carbonyl (C=O) groups excluding carboxylic acids is 1. The van der Waals surface area contributed by atoms with Gasteiger partial charge in [0, 0.05) is 10.3 Å². The van der Waals surface area contributed by atoms with Crippen LogP contribution in [0.25, 0.3) is 11.0 Å². The predicted molar refractivity (Wildman–Crippen MR) is 82.4 cm³/mol. The van der Waals surface area contributed by atoms with Gasteiger partial charge in [0.1, 0.15) is 11.8 Å². The van der Waals surface area contributed by atoms with Crippen LogP contribution in [-0.4, -0.2) is 11.5 Å². The van der Waals surface area contributed by atoms with Gasteiger partial charge < -0.3 is 4.42 Å². The summed E-state index contributed by atoms with van der Waals surface area (Å²) in [4.78, 5) is 13.4. The van der Waals surface area contributed by atoms with E-state index >= 15 is 0 Å². The van der Waals surface area contributed by atoms with Crippen molar-refractivity contribution in [1.82, 2.24) is 0 Å². The zero-order valence-electron chi connectivity index (χ0n) is 11.1. The minimum absolute atomic E-state index is 0.0977. The van der Waals surface area contributed by atoms with E-state index in [-0.39, 0.29) is 5.78 Å². The first-order valence-corrected chi connectivity index (χ1v) is 7.41. The van der Waals surface area contributed by atoms with Crippen LogP contribution < -0.4 is 0 Å². The fraction of sp³-hybridized carbons (Fsp3) is 0.118. The van der Waals surface area contributed by atoms with Gasteiger partial charge in [0.2, 0.25) is 0 Å². The van der Waals surface area contributed by atoms with Gasteiger partial charge in [-0.1, -0.05) is 35.9 Å². The molecule has 0 aliphatic heterocycles. The van der Waals surface area contributed by atoms with Crippen molar-refractivity contribution in [3.8, 4) is 0 Å². The number of para-hydroxylation sites is 1. The van der Waals surface area contributed by atoms with Gasteiger partial charge in [-0.15, -0.1) is 11.8 Å². The average molecular weight is 282 g/mol. The molecular formula is C17H14O2S. The summed E-state index contributed by atoms with van der Waals surface area (Å²) in [6.07, 6.45) is 1.56. The highest BCUT2D eigenvalue weighted by atomic mass is 32.2. The Kier molecular flexibility index (Phi) is 3.61. The van der Waals surface area contributed by atoms with Gasteiger partial charge >= 0.3 is 0 Å². The Bertz CT molecular complexity index is 741. The summed E-state index contributed by atoms with van der Waals surface area (Å²) in [6, 6.07) is 15.8. The van der Waals surface area contributed by atoms with E-state index in [9.17, 15) is 4.79 Å². The first-order valence-electron chi connectivity index (χ1n) is 6.43. The fourth-order valence-corrected chi connectivity index (χ4v) is 2.84. The molecule has 0 atom stereocenters. The lowest BCUT2D eigenvalue weighted by atomic mass is 10.1. The molecule has 0 saturated carbocycles. The summed E-state index contributed by atoms with van der Waals surface area (Å²) in [5.41, 5.74) is 2.65. The molecule has 0 unspecified atom stereocenters. The summed E-state index contributed by atoms with van der Waals surface area (Å²) in [6.45, 7) is 2.05. The van der Waals surface area contributed by atoms with Crippen molar-refractivity contribution in [3.63, 3.8) is 0 Å². The molecule has 20 heavy (non-hydrogen) atoms. The highest BCUT2D eigenvalue weighted by Gasteiger charge is 2.13. The van der Waals surface area contributed by atoms with Gasteiger partial charge in [0.15, 0.2) is 5.78 Å². The van der Waals surface area contributed by atoms with Crippen LogP contribution in [-0.2, 0) is 0 Å². The third-order valence-electron chi connectivity index (χ3n) is 3.17. The number of Topliss-reactive ketones (excluding diaryl/α,β-unsaturated/α-hetero) is 1. The second kappa shape index (κ2) is 5.55. The number of fused-ring (bicyclic) bond motifs is 1. The lowest BCUT2D eigenvalue weighted by molar-refractivity contribution is 0.102. The summed E-state index contributed by atoms with van der Waals surface area (Å²) in [5.74, 6) is 0.521. The van der Waals surface area contributed by atoms with Gasteiger partial charge in [-0.3, -0.25) is 4.79 Å². The number of carbonyl (C=O) groups is 1. The maximum absolute atomic E-state index is 12.3. The van der Waals surface area contributed by atoms with Crippen molar-refractivity contribution in [2.45, 2.75) is 11.8 Å². The molecule has 0 fully saturated rings. The summed E-state index contributed by atoms with van der Waals surface area (Å²) >= 11 is 1.55. The highest BCUT2D eigenvalue weighted by molar-refractivity contribution is 8.00. The standard InChI is InChI=1S/C17H14O2S/c1-12-6-8-13(9-7-12)20-11-16(18)15-10-19-17-5-3-2-4-14(15)17/h2-10H,11H2,1H3. The van der Waals surface area contributed by atoms with Crippen LogP contribution in [0, 0.1) is 6.92 Å². The Morgan fingerprint density at radius 1 is 1.10 bits per heavy atom. The molecule has 3 heteroatoms. The Labute approximate surface area is 121 Å². The van der Waals surface area contributed by atoms with Crippen molar-refractivity contribution in [2.24, 2.45) is 0 Å². The third kappa shape index (κ3) is 2.63. The van der Waals surface area contributed by atoms with E-state index in [2.05, 4.69) is 19.1 Å². The maximum atomic E-state index is 12.3. The van der Waals surface area contributed by atoms with Crippen LogP contribution in [0.5, 0.6) is 0 Å². The highest BCUT2D eigenvalue weighted by Crippen LogP contribution is 2.24. The predicted octanol–water partition coefficient (Wildman–Crippen LogP) is 4.72. The van der Waals surface area contributed by atoms with Crippen molar-refractivity contribution in [2.75, 3.05) is 5.75 Å². The van der Waals surface area contributed by atoms with E-state index in [1.165, 1.54) is 5.56 Å². The number of rotatable bonds is 4. The largest absolute Gasteiger partial charge is 0.464 e. The second-order valence-electron chi connectivity index (χ2n) is 4.67. The first kappa shape index (κ1) is 13.0. The third-order valence-corrected chi connectivity index (χ3v) is 4.18. The Morgan fingerprint density at radius 2 is 1.85 bits per heavy atom. The molecule has 3 rings (SSSR count). The molecule has 1 heterocycles. The van der Waals surface area contributed by atoms with Gasteiger partial charge in [-0.25, -0.2) is 0 Å².